The van der Waals surface area contributed by atoms with Crippen LogP contribution >= 0.6 is 22.7 Å². The van der Waals surface area contributed by atoms with Crippen molar-refractivity contribution < 1.29 is 47.5 Å². The summed E-state index contributed by atoms with van der Waals surface area (Å²) in [4.78, 5) is 28.3. The first-order valence-corrected chi connectivity index (χ1v) is 20.0. The van der Waals surface area contributed by atoms with E-state index in [1.807, 2.05) is 38.1 Å². The fourth-order valence-corrected chi connectivity index (χ4v) is 7.16. The van der Waals surface area contributed by atoms with Gasteiger partial charge in [0.25, 0.3) is 0 Å². The molecule has 4 N–H and O–H groups in total. The molecule has 0 saturated carbocycles. The van der Waals surface area contributed by atoms with Crippen LogP contribution in [0.15, 0.2) is 72.8 Å². The fourth-order valence-electron chi connectivity index (χ4n) is 5.37. The van der Waals surface area contributed by atoms with Gasteiger partial charge in [-0.1, -0.05) is 37.5 Å². The Labute approximate surface area is 348 Å². The van der Waals surface area contributed by atoms with E-state index in [2.05, 4.69) is 23.7 Å². The van der Waals surface area contributed by atoms with E-state index in [-0.39, 0.29) is 50.3 Å². The van der Waals surface area contributed by atoms with E-state index >= 15 is 0 Å². The molecule has 0 aliphatic rings. The monoisotopic (exact) mass is 830 g/mol. The Morgan fingerprint density at radius 3 is 1.28 bits per heavy atom. The second-order valence-electron chi connectivity index (χ2n) is 13.2. The predicted molar refractivity (Wildman–Crippen MR) is 225 cm³/mol. The van der Waals surface area contributed by atoms with Crippen molar-refractivity contribution in [2.24, 2.45) is 23.3 Å². The van der Waals surface area contributed by atoms with Crippen molar-refractivity contribution in [2.45, 2.75) is 38.8 Å². The van der Waals surface area contributed by atoms with Gasteiger partial charge in [-0.25, -0.2) is 9.59 Å². The van der Waals surface area contributed by atoms with Crippen LogP contribution in [0.5, 0.6) is 34.5 Å². The smallest absolute Gasteiger partial charge is 0.331 e. The number of ether oxygens (including phenoxy) is 8. The molecule has 0 radical (unpaired) electrons. The van der Waals surface area contributed by atoms with Crippen LogP contribution in [0.4, 0.5) is 0 Å². The highest BCUT2D eigenvalue weighted by Crippen LogP contribution is 2.30. The largest absolute Gasteiger partial charge is 0.496 e. The summed E-state index contributed by atoms with van der Waals surface area (Å²) >= 11 is 3.01. The highest BCUT2D eigenvalue weighted by atomic mass is 32.1. The first kappa shape index (κ1) is 45.1. The van der Waals surface area contributed by atoms with Gasteiger partial charge in [0.2, 0.25) is 0 Å². The Morgan fingerprint density at radius 1 is 0.586 bits per heavy atom. The molecule has 308 valence electrons. The number of methoxy groups -OCH3 is 4. The summed E-state index contributed by atoms with van der Waals surface area (Å²) < 4.78 is 43.2. The summed E-state index contributed by atoms with van der Waals surface area (Å²) in [6.07, 6.45) is 3.31. The van der Waals surface area contributed by atoms with E-state index in [9.17, 15) is 9.59 Å². The molecule has 0 amide bonds. The Bertz CT molecular complexity index is 1910. The Balaban J connectivity index is 1.10. The number of hydrogen-bond acceptors (Lipinski definition) is 14. The molecule has 0 bridgehead atoms. The molecule has 0 fully saturated rings. The lowest BCUT2D eigenvalue weighted by Crippen LogP contribution is -2.18. The molecule has 2 unspecified atom stereocenters. The molecular weight excluding hydrogens is 781 g/mol. The number of rotatable bonds is 20. The molecule has 2 aromatic heterocycles. The zero-order valence-electron chi connectivity index (χ0n) is 33.5. The standard InChI is InChI=1S/C44H50N2O10S2/c1-29(19-39(45)41-13-11-37(57-41)9-7-17-53-35-23-31(49-3)21-32(24-35)50-4)27-55-43(47)15-16-44(48)56-28-30(2)20-40(46)42-14-12-38(58-42)10-8-18-54-36-25-33(51-5)22-34(26-36)52-6/h11-16,21-26,29-30,39-40H,17-20,27-28,45-46H2,1-6H3/b16-15-/t29-,30-,39?,40?/m1/s1. The molecule has 4 rings (SSSR count). The predicted octanol–water partition coefficient (Wildman–Crippen LogP) is 7.10. The molecule has 12 nitrogen and oxygen atoms in total. The van der Waals surface area contributed by atoms with Gasteiger partial charge in [-0.3, -0.25) is 0 Å². The van der Waals surface area contributed by atoms with Crippen LogP contribution in [0.3, 0.4) is 0 Å². The van der Waals surface area contributed by atoms with Gasteiger partial charge < -0.3 is 49.4 Å². The van der Waals surface area contributed by atoms with Gasteiger partial charge in [0, 0.05) is 70.4 Å². The second-order valence-corrected chi connectivity index (χ2v) is 15.4. The molecule has 4 aromatic rings. The van der Waals surface area contributed by atoms with Gasteiger partial charge in [0.15, 0.2) is 0 Å². The third kappa shape index (κ3) is 15.4. The van der Waals surface area contributed by atoms with Crippen molar-refractivity contribution in [3.8, 4) is 58.2 Å². The third-order valence-electron chi connectivity index (χ3n) is 8.37. The lowest BCUT2D eigenvalue weighted by Gasteiger charge is -2.16. The molecule has 4 atom stereocenters. The summed E-state index contributed by atoms with van der Waals surface area (Å²) in [5.74, 6) is 14.6. The number of thiophene rings is 2. The Hall–Kier alpha value is -5.64. The first-order chi connectivity index (χ1) is 28.0. The number of carbonyl (C=O) groups excluding carboxylic acids is 2. The summed E-state index contributed by atoms with van der Waals surface area (Å²) in [6, 6.07) is 17.8. The number of carbonyl (C=O) groups is 2. The topological polar surface area (TPSA) is 160 Å². The van der Waals surface area contributed by atoms with Crippen molar-refractivity contribution in [1.29, 1.82) is 0 Å². The zero-order valence-corrected chi connectivity index (χ0v) is 35.2. The minimum absolute atomic E-state index is 0.0236. The van der Waals surface area contributed by atoms with Gasteiger partial charge in [0.1, 0.15) is 47.7 Å². The third-order valence-corrected chi connectivity index (χ3v) is 10.6. The lowest BCUT2D eigenvalue weighted by atomic mass is 10.0. The molecule has 0 spiro atoms. The molecule has 0 aliphatic heterocycles. The Kier molecular flexibility index (Phi) is 18.3. The van der Waals surface area contributed by atoms with Crippen LogP contribution < -0.4 is 39.9 Å². The van der Waals surface area contributed by atoms with E-state index in [0.717, 1.165) is 31.7 Å². The van der Waals surface area contributed by atoms with Crippen molar-refractivity contribution in [3.63, 3.8) is 0 Å². The van der Waals surface area contributed by atoms with E-state index in [0.29, 0.717) is 47.3 Å². The van der Waals surface area contributed by atoms with Crippen LogP contribution in [-0.4, -0.2) is 66.8 Å². The molecule has 58 heavy (non-hydrogen) atoms. The lowest BCUT2D eigenvalue weighted by molar-refractivity contribution is -0.141. The quantitative estimate of drug-likeness (QED) is 0.0530. The van der Waals surface area contributed by atoms with E-state index in [1.165, 1.54) is 22.7 Å². The van der Waals surface area contributed by atoms with Gasteiger partial charge >= 0.3 is 11.9 Å². The average molecular weight is 831 g/mol. The number of hydrogen-bond donors (Lipinski definition) is 2. The van der Waals surface area contributed by atoms with Gasteiger partial charge in [0.05, 0.1) is 51.4 Å². The summed E-state index contributed by atoms with van der Waals surface area (Å²) in [6.45, 7) is 4.56. The maximum Gasteiger partial charge on any atom is 0.331 e. The maximum absolute atomic E-state index is 12.3. The van der Waals surface area contributed by atoms with Gasteiger partial charge in [-0.05, 0) is 48.9 Å². The number of esters is 2. The van der Waals surface area contributed by atoms with Crippen molar-refractivity contribution in [3.05, 3.63) is 92.3 Å². The van der Waals surface area contributed by atoms with Gasteiger partial charge in [-0.15, -0.1) is 22.7 Å². The number of benzene rings is 2. The highest BCUT2D eigenvalue weighted by Gasteiger charge is 2.17. The second kappa shape index (κ2) is 23.6. The zero-order chi connectivity index (χ0) is 41.9. The van der Waals surface area contributed by atoms with E-state index < -0.39 is 11.9 Å². The van der Waals surface area contributed by atoms with Crippen molar-refractivity contribution >= 4 is 34.6 Å². The molecule has 14 heteroatoms. The van der Waals surface area contributed by atoms with Gasteiger partial charge in [-0.2, -0.15) is 0 Å². The average Bonchev–Trinajstić information content (AvgIpc) is 3.92. The van der Waals surface area contributed by atoms with E-state index in [4.69, 9.17) is 49.4 Å². The van der Waals surface area contributed by atoms with Crippen LogP contribution in [-0.2, 0) is 19.1 Å². The minimum atomic E-state index is -0.639. The molecular formula is C44H50N2O10S2. The van der Waals surface area contributed by atoms with Crippen LogP contribution in [0.1, 0.15) is 58.3 Å². The van der Waals surface area contributed by atoms with E-state index in [1.54, 1.807) is 64.8 Å². The maximum atomic E-state index is 12.3. The minimum Gasteiger partial charge on any atom is -0.496 e. The normalized spacial score (nSPS) is 12.8. The number of nitrogens with two attached hydrogens (primary N) is 2. The van der Waals surface area contributed by atoms with Crippen LogP contribution in [0.25, 0.3) is 0 Å². The SMILES string of the molecule is COc1cc(OC)cc(OCC#Cc2ccc(C(N)C[C@@H](C)COC(=O)/C=C\C(=O)OC[C@H](C)CC(N)c3ccc(C#CCOc4cc(OC)cc(OC)c4)s3)s2)c1. The summed E-state index contributed by atoms with van der Waals surface area (Å²) in [7, 11) is 6.31. The van der Waals surface area contributed by atoms with Crippen molar-refractivity contribution in [2.75, 3.05) is 54.9 Å². The summed E-state index contributed by atoms with van der Waals surface area (Å²) in [5.41, 5.74) is 12.9. The molecule has 2 aromatic carbocycles. The van der Waals surface area contributed by atoms with Crippen LogP contribution in [0.2, 0.25) is 0 Å². The molecule has 0 saturated heterocycles. The fraction of sp³-hybridized carbons (Fsp3) is 0.364. The highest BCUT2D eigenvalue weighted by molar-refractivity contribution is 7.12. The molecule has 0 aliphatic carbocycles. The summed E-state index contributed by atoms with van der Waals surface area (Å²) in [5, 5.41) is 0. The van der Waals surface area contributed by atoms with Crippen LogP contribution in [0, 0.1) is 35.5 Å². The van der Waals surface area contributed by atoms with Crippen molar-refractivity contribution in [1.82, 2.24) is 0 Å². The molecule has 2 heterocycles. The Morgan fingerprint density at radius 2 is 0.931 bits per heavy atom. The first-order valence-electron chi connectivity index (χ1n) is 18.4.